The van der Waals surface area contributed by atoms with Gasteiger partial charge in [0.2, 0.25) is 0 Å². The largest absolute Gasteiger partial charge is 0.316 e. The highest BCUT2D eigenvalue weighted by Gasteiger charge is 2.34. The van der Waals surface area contributed by atoms with Crippen LogP contribution in [0.2, 0.25) is 0 Å². The Morgan fingerprint density at radius 2 is 1.80 bits per heavy atom. The maximum absolute atomic E-state index is 3.40. The van der Waals surface area contributed by atoms with E-state index < -0.39 is 0 Å². The second-order valence-electron chi connectivity index (χ2n) is 5.77. The fraction of sp³-hybridized carbons (Fsp3) is 1.00. The second kappa shape index (κ2) is 4.42. The number of hydrogen-bond donors (Lipinski definition) is 1. The van der Waals surface area contributed by atoms with E-state index in [0.717, 1.165) is 17.9 Å². The van der Waals surface area contributed by atoms with E-state index in [0.29, 0.717) is 0 Å². The van der Waals surface area contributed by atoms with Crippen molar-refractivity contribution in [2.45, 2.75) is 44.6 Å². The van der Waals surface area contributed by atoms with E-state index in [1.165, 1.54) is 64.7 Å². The molecule has 0 bridgehead atoms. The topological polar surface area (TPSA) is 15.3 Å². The number of fused-ring (bicyclic) bond motifs is 1. The molecule has 1 saturated carbocycles. The number of hydrogen-bond acceptors (Lipinski definition) is 2. The predicted octanol–water partition coefficient (Wildman–Crippen LogP) is 1.86. The number of likely N-dealkylation sites (tertiary alicyclic amines) is 1. The van der Waals surface area contributed by atoms with Crippen molar-refractivity contribution >= 4 is 0 Å². The van der Waals surface area contributed by atoms with Crippen LogP contribution in [0.1, 0.15) is 38.5 Å². The monoisotopic (exact) mass is 208 g/mol. The van der Waals surface area contributed by atoms with Crippen LogP contribution in [0, 0.1) is 11.8 Å². The summed E-state index contributed by atoms with van der Waals surface area (Å²) in [6, 6.07) is 0.966. The zero-order valence-corrected chi connectivity index (χ0v) is 9.75. The zero-order valence-electron chi connectivity index (χ0n) is 9.75. The molecule has 1 N–H and O–H groups in total. The molecule has 2 saturated heterocycles. The zero-order chi connectivity index (χ0) is 10.1. The van der Waals surface area contributed by atoms with Crippen molar-refractivity contribution in [1.29, 1.82) is 0 Å². The molecule has 3 aliphatic rings. The Labute approximate surface area is 93.4 Å². The van der Waals surface area contributed by atoms with Crippen LogP contribution in [0.15, 0.2) is 0 Å². The van der Waals surface area contributed by atoms with Crippen LogP contribution in [0.5, 0.6) is 0 Å². The lowest BCUT2D eigenvalue weighted by Gasteiger charge is -2.46. The van der Waals surface area contributed by atoms with Crippen LogP contribution in [-0.2, 0) is 0 Å². The summed E-state index contributed by atoms with van der Waals surface area (Å²) in [6.45, 7) is 5.31. The van der Waals surface area contributed by atoms with E-state index in [1.807, 2.05) is 0 Å². The maximum atomic E-state index is 3.40. The fourth-order valence-electron chi connectivity index (χ4n) is 3.76. The smallest absolute Gasteiger partial charge is 0.0124 e. The van der Waals surface area contributed by atoms with Crippen molar-refractivity contribution in [3.8, 4) is 0 Å². The quantitative estimate of drug-likeness (QED) is 0.745. The van der Waals surface area contributed by atoms with Crippen molar-refractivity contribution < 1.29 is 0 Å². The van der Waals surface area contributed by atoms with Crippen molar-refractivity contribution in [3.63, 3.8) is 0 Å². The van der Waals surface area contributed by atoms with Gasteiger partial charge in [-0.1, -0.05) is 12.8 Å². The van der Waals surface area contributed by atoms with E-state index in [2.05, 4.69) is 10.2 Å². The van der Waals surface area contributed by atoms with Crippen molar-refractivity contribution in [3.05, 3.63) is 0 Å². The average Bonchev–Trinajstić information content (AvgIpc) is 2.23. The van der Waals surface area contributed by atoms with Crippen LogP contribution in [0.4, 0.5) is 0 Å². The predicted molar refractivity (Wildman–Crippen MR) is 62.9 cm³/mol. The van der Waals surface area contributed by atoms with Crippen molar-refractivity contribution in [2.24, 2.45) is 11.8 Å². The lowest BCUT2D eigenvalue weighted by Crippen LogP contribution is -2.54. The third kappa shape index (κ3) is 2.07. The molecule has 3 fully saturated rings. The first-order chi connectivity index (χ1) is 7.43. The van der Waals surface area contributed by atoms with Gasteiger partial charge in [0.25, 0.3) is 0 Å². The Morgan fingerprint density at radius 1 is 1.00 bits per heavy atom. The van der Waals surface area contributed by atoms with E-state index in [1.54, 1.807) is 0 Å². The van der Waals surface area contributed by atoms with E-state index in [9.17, 15) is 0 Å². The van der Waals surface area contributed by atoms with Crippen LogP contribution < -0.4 is 5.32 Å². The van der Waals surface area contributed by atoms with Gasteiger partial charge in [0, 0.05) is 25.7 Å². The lowest BCUT2D eigenvalue weighted by atomic mass is 9.78. The van der Waals surface area contributed by atoms with Crippen molar-refractivity contribution in [1.82, 2.24) is 10.2 Å². The Hall–Kier alpha value is -0.0800. The molecule has 3 rings (SSSR count). The lowest BCUT2D eigenvalue weighted by molar-refractivity contribution is 0.0407. The first-order valence-corrected chi connectivity index (χ1v) is 6.88. The Morgan fingerprint density at radius 3 is 2.60 bits per heavy atom. The highest BCUT2D eigenvalue weighted by molar-refractivity contribution is 4.89. The summed E-state index contributed by atoms with van der Waals surface area (Å²) < 4.78 is 0. The normalized spacial score (nSPS) is 38.4. The number of piperidine rings is 1. The molecule has 0 aromatic rings. The van der Waals surface area contributed by atoms with Gasteiger partial charge in [0.15, 0.2) is 0 Å². The van der Waals surface area contributed by atoms with Crippen LogP contribution in [0.25, 0.3) is 0 Å². The average molecular weight is 208 g/mol. The van der Waals surface area contributed by atoms with E-state index >= 15 is 0 Å². The molecule has 2 heteroatoms. The summed E-state index contributed by atoms with van der Waals surface area (Å²) in [7, 11) is 0. The first kappa shape index (κ1) is 10.1. The minimum Gasteiger partial charge on any atom is -0.316 e. The number of nitrogens with zero attached hydrogens (tertiary/aromatic N) is 1. The Balaban J connectivity index is 1.59. The van der Waals surface area contributed by atoms with Crippen LogP contribution >= 0.6 is 0 Å². The molecule has 2 aliphatic heterocycles. The molecule has 0 amide bonds. The van der Waals surface area contributed by atoms with E-state index in [-0.39, 0.29) is 0 Å². The molecule has 2 heterocycles. The molecule has 0 spiro atoms. The Kier molecular flexibility index (Phi) is 2.98. The molecule has 0 radical (unpaired) electrons. The SMILES string of the molecule is C1CC[C@@H]2[C@H](C1)CCCN2CC1CNC1. The third-order valence-corrected chi connectivity index (χ3v) is 4.72. The van der Waals surface area contributed by atoms with Gasteiger partial charge < -0.3 is 5.32 Å². The molecule has 2 atom stereocenters. The minimum atomic E-state index is 0.964. The van der Waals surface area contributed by atoms with Gasteiger partial charge >= 0.3 is 0 Å². The summed E-state index contributed by atoms with van der Waals surface area (Å²) in [4.78, 5) is 2.83. The van der Waals surface area contributed by atoms with E-state index in [4.69, 9.17) is 0 Å². The Bertz CT molecular complexity index is 211. The number of nitrogens with one attached hydrogen (secondary N) is 1. The highest BCUT2D eigenvalue weighted by Crippen LogP contribution is 2.35. The van der Waals surface area contributed by atoms with Gasteiger partial charge in [0.05, 0.1) is 0 Å². The number of rotatable bonds is 2. The van der Waals surface area contributed by atoms with Gasteiger partial charge in [-0.25, -0.2) is 0 Å². The molecular formula is C13H24N2. The first-order valence-electron chi connectivity index (χ1n) is 6.88. The standard InChI is InChI=1S/C13H24N2/c1-2-6-13-12(4-1)5-3-7-15(13)10-11-8-14-9-11/h11-14H,1-10H2/t12-,13-/m1/s1. The molecule has 0 unspecified atom stereocenters. The fourth-order valence-corrected chi connectivity index (χ4v) is 3.76. The summed E-state index contributed by atoms with van der Waals surface area (Å²) in [6.07, 6.45) is 8.97. The molecule has 1 aliphatic carbocycles. The molecule has 0 aromatic carbocycles. The second-order valence-corrected chi connectivity index (χ2v) is 5.77. The van der Waals surface area contributed by atoms with Gasteiger partial charge in [-0.05, 0) is 44.1 Å². The summed E-state index contributed by atoms with van der Waals surface area (Å²) >= 11 is 0. The molecule has 86 valence electrons. The van der Waals surface area contributed by atoms with Gasteiger partial charge in [-0.2, -0.15) is 0 Å². The summed E-state index contributed by atoms with van der Waals surface area (Å²) in [5, 5.41) is 3.40. The summed E-state index contributed by atoms with van der Waals surface area (Å²) in [5.41, 5.74) is 0. The van der Waals surface area contributed by atoms with Crippen molar-refractivity contribution in [2.75, 3.05) is 26.2 Å². The van der Waals surface area contributed by atoms with Gasteiger partial charge in [-0.15, -0.1) is 0 Å². The minimum absolute atomic E-state index is 0.964. The molecule has 15 heavy (non-hydrogen) atoms. The molecule has 2 nitrogen and oxygen atoms in total. The maximum Gasteiger partial charge on any atom is 0.0124 e. The van der Waals surface area contributed by atoms with Gasteiger partial charge in [0.1, 0.15) is 0 Å². The van der Waals surface area contributed by atoms with Crippen LogP contribution in [0.3, 0.4) is 0 Å². The molecule has 0 aromatic heterocycles. The third-order valence-electron chi connectivity index (χ3n) is 4.72. The summed E-state index contributed by atoms with van der Waals surface area (Å²) in [5.74, 6) is 2.02. The highest BCUT2D eigenvalue weighted by atomic mass is 15.2. The molecular weight excluding hydrogens is 184 g/mol. The van der Waals surface area contributed by atoms with Gasteiger partial charge in [-0.3, -0.25) is 4.90 Å². The van der Waals surface area contributed by atoms with Crippen LogP contribution in [-0.4, -0.2) is 37.1 Å².